The highest BCUT2D eigenvalue weighted by Crippen LogP contribution is 2.31. The molecule has 4 rings (SSSR count). The van der Waals surface area contributed by atoms with Crippen molar-refractivity contribution in [1.29, 1.82) is 0 Å². The molecule has 2 N–H and O–H groups in total. The minimum Gasteiger partial charge on any atom is -0.343 e. The lowest BCUT2D eigenvalue weighted by Crippen LogP contribution is -2.53. The number of fused-ring (bicyclic) bond motifs is 1. The minimum atomic E-state index is -4.77. The molecule has 0 saturated carbocycles. The Bertz CT molecular complexity index is 1450. The van der Waals surface area contributed by atoms with Gasteiger partial charge < -0.3 is 10.2 Å². The van der Waals surface area contributed by atoms with Crippen LogP contribution in [0, 0.1) is 0 Å². The molecule has 1 aliphatic carbocycles. The number of urea groups is 1. The van der Waals surface area contributed by atoms with Crippen LogP contribution >= 0.6 is 0 Å². The number of benzene rings is 1. The standard InChI is InChI=1S/C27H28F4N6O4/c1-16(38)35(2)26(41)37(22-5-6-23-18(13-22)14-33-34-23)21-7-9-36(10-8-21)24(39)15-32-25(40)17-11-19(27(29,30)31)3-4-20(28)12-17/h3-6,11,13-14,21H,7-10,12,15H2,1-2H3,(H,32,40)(H,33,34). The molecule has 1 aromatic heterocycles. The molecular formula is C27H28F4N6O4. The van der Waals surface area contributed by atoms with Gasteiger partial charge in [0.25, 0.3) is 0 Å². The van der Waals surface area contributed by atoms with E-state index in [1.807, 2.05) is 0 Å². The zero-order chi connectivity index (χ0) is 29.9. The molecule has 0 unspecified atom stereocenters. The number of piperidine rings is 1. The third-order valence-electron chi connectivity index (χ3n) is 7.00. The lowest BCUT2D eigenvalue weighted by atomic mass is 10.0. The summed E-state index contributed by atoms with van der Waals surface area (Å²) in [6.07, 6.45) is -1.29. The zero-order valence-corrected chi connectivity index (χ0v) is 22.3. The van der Waals surface area contributed by atoms with Crippen molar-refractivity contribution < 1.29 is 36.7 Å². The summed E-state index contributed by atoms with van der Waals surface area (Å²) in [6.45, 7) is 1.23. The van der Waals surface area contributed by atoms with Crippen molar-refractivity contribution >= 4 is 40.3 Å². The molecule has 0 radical (unpaired) electrons. The van der Waals surface area contributed by atoms with E-state index in [0.29, 0.717) is 36.8 Å². The van der Waals surface area contributed by atoms with Gasteiger partial charge in [0.15, 0.2) is 0 Å². The van der Waals surface area contributed by atoms with Crippen LogP contribution in [0.2, 0.25) is 0 Å². The van der Waals surface area contributed by atoms with E-state index in [0.717, 1.165) is 15.8 Å². The predicted octanol–water partition coefficient (Wildman–Crippen LogP) is 3.75. The van der Waals surface area contributed by atoms with Gasteiger partial charge in [-0.15, -0.1) is 0 Å². The Morgan fingerprint density at radius 2 is 1.85 bits per heavy atom. The number of anilines is 1. The summed E-state index contributed by atoms with van der Waals surface area (Å²) >= 11 is 0. The van der Waals surface area contributed by atoms with Gasteiger partial charge in [-0.05, 0) is 49.3 Å². The van der Waals surface area contributed by atoms with Gasteiger partial charge in [-0.2, -0.15) is 18.3 Å². The molecule has 0 spiro atoms. The number of carbonyl (C=O) groups excluding carboxylic acids is 4. The normalized spacial score (nSPS) is 16.3. The van der Waals surface area contributed by atoms with Crippen LogP contribution in [-0.4, -0.2) is 82.6 Å². The molecule has 2 aromatic rings. The first-order valence-electron chi connectivity index (χ1n) is 12.8. The second-order valence-electron chi connectivity index (χ2n) is 9.75. The SMILES string of the molecule is CC(=O)N(C)C(=O)N(c1ccc2[nH]ncc2c1)C1CCN(C(=O)CNC(=O)C2=CC(C(F)(F)F)=CC=C(F)C2)CC1. The van der Waals surface area contributed by atoms with Crippen LogP contribution in [0.5, 0.6) is 0 Å². The second kappa shape index (κ2) is 11.9. The number of amides is 5. The fraction of sp³-hybridized carbons (Fsp3) is 0.370. The first-order chi connectivity index (χ1) is 19.3. The van der Waals surface area contributed by atoms with Gasteiger partial charge >= 0.3 is 12.2 Å². The molecule has 41 heavy (non-hydrogen) atoms. The van der Waals surface area contributed by atoms with Crippen LogP contribution in [0.15, 0.2) is 59.6 Å². The van der Waals surface area contributed by atoms with E-state index in [9.17, 15) is 36.7 Å². The summed E-state index contributed by atoms with van der Waals surface area (Å²) < 4.78 is 53.2. The smallest absolute Gasteiger partial charge is 0.343 e. The molecule has 0 bridgehead atoms. The van der Waals surface area contributed by atoms with Crippen LogP contribution in [0.4, 0.5) is 28.0 Å². The van der Waals surface area contributed by atoms with E-state index < -0.39 is 59.9 Å². The number of H-pyrrole nitrogens is 1. The summed E-state index contributed by atoms with van der Waals surface area (Å²) in [6, 6.07) is 4.40. The molecule has 1 aliphatic heterocycles. The maximum Gasteiger partial charge on any atom is 0.416 e. The molecular weight excluding hydrogens is 548 g/mol. The van der Waals surface area contributed by atoms with Crippen molar-refractivity contribution in [2.45, 2.75) is 38.4 Å². The van der Waals surface area contributed by atoms with Gasteiger partial charge in [-0.1, -0.05) is 0 Å². The number of aromatic nitrogens is 2. The van der Waals surface area contributed by atoms with Crippen molar-refractivity contribution in [2.24, 2.45) is 0 Å². The summed E-state index contributed by atoms with van der Waals surface area (Å²) in [5, 5.41) is 9.88. The molecule has 10 nitrogen and oxygen atoms in total. The third kappa shape index (κ3) is 6.81. The molecule has 1 aromatic carbocycles. The molecule has 0 atom stereocenters. The number of allylic oxidation sites excluding steroid dienone is 5. The lowest BCUT2D eigenvalue weighted by Gasteiger charge is -2.39. The highest BCUT2D eigenvalue weighted by Gasteiger charge is 2.35. The maximum atomic E-state index is 13.8. The number of nitrogens with one attached hydrogen (secondary N) is 2. The van der Waals surface area contributed by atoms with Crippen molar-refractivity contribution in [3.8, 4) is 0 Å². The van der Waals surface area contributed by atoms with E-state index in [-0.39, 0.29) is 19.1 Å². The summed E-state index contributed by atoms with van der Waals surface area (Å²) in [5.74, 6) is -2.81. The minimum absolute atomic E-state index is 0.224. The number of hydrogen-bond donors (Lipinski definition) is 2. The molecule has 1 fully saturated rings. The summed E-state index contributed by atoms with van der Waals surface area (Å²) in [5.41, 5.74) is -0.304. The highest BCUT2D eigenvalue weighted by atomic mass is 19.4. The fourth-order valence-electron chi connectivity index (χ4n) is 4.64. The number of carbonyl (C=O) groups is 4. The van der Waals surface area contributed by atoms with E-state index in [2.05, 4.69) is 15.5 Å². The molecule has 218 valence electrons. The van der Waals surface area contributed by atoms with Gasteiger partial charge in [0, 0.05) is 56.2 Å². The Kier molecular flexibility index (Phi) is 8.59. The van der Waals surface area contributed by atoms with Crippen LogP contribution < -0.4 is 10.2 Å². The molecule has 5 amide bonds. The first-order valence-corrected chi connectivity index (χ1v) is 12.8. The fourth-order valence-corrected chi connectivity index (χ4v) is 4.64. The average molecular weight is 577 g/mol. The summed E-state index contributed by atoms with van der Waals surface area (Å²) in [4.78, 5) is 54.6. The Labute approximate surface area is 232 Å². The highest BCUT2D eigenvalue weighted by molar-refractivity contribution is 6.03. The Morgan fingerprint density at radius 3 is 2.51 bits per heavy atom. The van der Waals surface area contributed by atoms with E-state index in [4.69, 9.17) is 0 Å². The van der Waals surface area contributed by atoms with Crippen LogP contribution in [-0.2, 0) is 14.4 Å². The van der Waals surface area contributed by atoms with Crippen molar-refractivity contribution in [1.82, 2.24) is 25.3 Å². The van der Waals surface area contributed by atoms with Crippen LogP contribution in [0.25, 0.3) is 10.9 Å². The maximum absolute atomic E-state index is 13.8. The first kappa shape index (κ1) is 29.5. The largest absolute Gasteiger partial charge is 0.416 e. The van der Waals surface area contributed by atoms with E-state index in [1.165, 1.54) is 23.8 Å². The van der Waals surface area contributed by atoms with Crippen molar-refractivity contribution in [3.63, 3.8) is 0 Å². The van der Waals surface area contributed by atoms with Gasteiger partial charge in [0.2, 0.25) is 17.7 Å². The van der Waals surface area contributed by atoms with Crippen molar-refractivity contribution in [3.05, 3.63) is 59.6 Å². The van der Waals surface area contributed by atoms with Gasteiger partial charge in [0.1, 0.15) is 5.83 Å². The number of hydrogen-bond acceptors (Lipinski definition) is 5. The Balaban J connectivity index is 1.40. The van der Waals surface area contributed by atoms with Crippen molar-refractivity contribution in [2.75, 3.05) is 31.6 Å². The molecule has 2 heterocycles. The lowest BCUT2D eigenvalue weighted by molar-refractivity contribution is -0.133. The topological polar surface area (TPSA) is 119 Å². The third-order valence-corrected chi connectivity index (χ3v) is 7.00. The van der Waals surface area contributed by atoms with E-state index in [1.54, 1.807) is 24.4 Å². The van der Waals surface area contributed by atoms with E-state index >= 15 is 0 Å². The monoisotopic (exact) mass is 576 g/mol. The number of nitrogens with zero attached hydrogens (tertiary/aromatic N) is 4. The number of aromatic amines is 1. The second-order valence-corrected chi connectivity index (χ2v) is 9.75. The number of imide groups is 1. The number of rotatable bonds is 5. The molecule has 1 saturated heterocycles. The molecule has 14 heteroatoms. The number of likely N-dealkylation sites (tertiary alicyclic amines) is 1. The summed E-state index contributed by atoms with van der Waals surface area (Å²) in [7, 11) is 1.38. The van der Waals surface area contributed by atoms with Crippen LogP contribution in [0.3, 0.4) is 0 Å². The number of halogens is 4. The quantitative estimate of drug-likeness (QED) is 0.526. The Morgan fingerprint density at radius 1 is 1.15 bits per heavy atom. The Hall–Kier alpha value is -4.49. The molecule has 2 aliphatic rings. The number of alkyl halides is 3. The van der Waals surface area contributed by atoms with Crippen LogP contribution in [0.1, 0.15) is 26.2 Å². The average Bonchev–Trinajstić information content (AvgIpc) is 3.30. The van der Waals surface area contributed by atoms with Gasteiger partial charge in [0.05, 0.1) is 23.8 Å². The van der Waals surface area contributed by atoms with Gasteiger partial charge in [-0.25, -0.2) is 9.18 Å². The zero-order valence-electron chi connectivity index (χ0n) is 22.3. The predicted molar refractivity (Wildman–Crippen MR) is 141 cm³/mol. The van der Waals surface area contributed by atoms with Gasteiger partial charge in [-0.3, -0.25) is 29.3 Å².